The zero-order valence-electron chi connectivity index (χ0n) is 10.3. The number of hydrogen-bond donors (Lipinski definition) is 2. The van der Waals surface area contributed by atoms with Crippen molar-refractivity contribution in [3.8, 4) is 0 Å². The number of aromatic carboxylic acids is 1. The van der Waals surface area contributed by atoms with Gasteiger partial charge in [-0.2, -0.15) is 0 Å². The zero-order valence-corrected chi connectivity index (χ0v) is 11.1. The van der Waals surface area contributed by atoms with Gasteiger partial charge in [-0.05, 0) is 24.1 Å². The molecule has 1 aromatic carbocycles. The number of carboxylic acids is 1. The van der Waals surface area contributed by atoms with E-state index >= 15 is 0 Å². The summed E-state index contributed by atoms with van der Waals surface area (Å²) in [5, 5.41) is 17.0. The van der Waals surface area contributed by atoms with E-state index < -0.39 is 5.97 Å². The number of nitrogens with zero attached hydrogens (tertiary/aromatic N) is 3. The second-order valence-corrected chi connectivity index (χ2v) is 4.55. The van der Waals surface area contributed by atoms with E-state index in [-0.39, 0.29) is 12.2 Å². The highest BCUT2D eigenvalue weighted by molar-refractivity contribution is 6.31. The van der Waals surface area contributed by atoms with E-state index in [0.717, 1.165) is 11.1 Å². The maximum Gasteiger partial charge on any atom is 0.358 e. The summed E-state index contributed by atoms with van der Waals surface area (Å²) in [4.78, 5) is 11.0. The van der Waals surface area contributed by atoms with Crippen LogP contribution in [0, 0.1) is 6.92 Å². The lowest BCUT2D eigenvalue weighted by atomic mass is 10.1. The Morgan fingerprint density at radius 2 is 2.26 bits per heavy atom. The summed E-state index contributed by atoms with van der Waals surface area (Å²) in [5.41, 5.74) is 7.70. The highest BCUT2D eigenvalue weighted by atomic mass is 35.5. The first kappa shape index (κ1) is 13.5. The first-order valence-electron chi connectivity index (χ1n) is 5.63. The van der Waals surface area contributed by atoms with Gasteiger partial charge in [0, 0.05) is 11.6 Å². The summed E-state index contributed by atoms with van der Waals surface area (Å²) in [6, 6.07) is 5.65. The number of carboxylic acid groups (broad SMARTS) is 1. The van der Waals surface area contributed by atoms with E-state index in [4.69, 9.17) is 22.4 Å². The van der Waals surface area contributed by atoms with Gasteiger partial charge >= 0.3 is 5.97 Å². The molecule has 0 unspecified atom stereocenters. The number of halogens is 1. The summed E-state index contributed by atoms with van der Waals surface area (Å²) in [6.45, 7) is 2.34. The van der Waals surface area contributed by atoms with Crippen molar-refractivity contribution in [2.24, 2.45) is 5.73 Å². The highest BCUT2D eigenvalue weighted by Crippen LogP contribution is 2.19. The monoisotopic (exact) mass is 280 g/mol. The minimum absolute atomic E-state index is 0.0537. The largest absolute Gasteiger partial charge is 0.476 e. The van der Waals surface area contributed by atoms with E-state index in [1.165, 1.54) is 4.68 Å². The molecule has 1 heterocycles. The third-order valence-electron chi connectivity index (χ3n) is 2.76. The summed E-state index contributed by atoms with van der Waals surface area (Å²) < 4.78 is 1.46. The number of benzene rings is 1. The molecule has 100 valence electrons. The van der Waals surface area contributed by atoms with E-state index in [2.05, 4.69) is 10.3 Å². The van der Waals surface area contributed by atoms with Crippen LogP contribution in [0.15, 0.2) is 18.2 Å². The molecule has 7 heteroatoms. The number of rotatable bonds is 4. The molecule has 0 saturated carbocycles. The number of nitrogens with two attached hydrogens (primary N) is 1. The van der Waals surface area contributed by atoms with Crippen LogP contribution in [-0.2, 0) is 13.1 Å². The average Bonchev–Trinajstić information content (AvgIpc) is 2.75. The fraction of sp³-hybridized carbons (Fsp3) is 0.250. The lowest BCUT2D eigenvalue weighted by Gasteiger charge is -2.07. The van der Waals surface area contributed by atoms with E-state index in [1.807, 2.05) is 25.1 Å². The number of hydrogen-bond acceptors (Lipinski definition) is 4. The lowest BCUT2D eigenvalue weighted by Crippen LogP contribution is -2.13. The number of carbonyl (C=O) groups is 1. The molecular weight excluding hydrogens is 268 g/mol. The van der Waals surface area contributed by atoms with Gasteiger partial charge in [0.05, 0.1) is 12.2 Å². The van der Waals surface area contributed by atoms with Gasteiger partial charge in [-0.1, -0.05) is 28.9 Å². The Bertz CT molecular complexity index is 624. The van der Waals surface area contributed by atoms with Gasteiger partial charge in [-0.3, -0.25) is 0 Å². The van der Waals surface area contributed by atoms with Crippen LogP contribution in [0.2, 0.25) is 5.02 Å². The van der Waals surface area contributed by atoms with Crippen molar-refractivity contribution in [1.82, 2.24) is 15.0 Å². The molecule has 0 spiro atoms. The second-order valence-electron chi connectivity index (χ2n) is 4.15. The van der Waals surface area contributed by atoms with Crippen molar-refractivity contribution in [3.63, 3.8) is 0 Å². The lowest BCUT2D eigenvalue weighted by molar-refractivity contribution is 0.0689. The molecule has 0 aliphatic carbocycles. The molecule has 0 radical (unpaired) electrons. The van der Waals surface area contributed by atoms with Crippen molar-refractivity contribution in [2.75, 3.05) is 0 Å². The third-order valence-corrected chi connectivity index (χ3v) is 3.11. The predicted octanol–water partition coefficient (Wildman–Crippen LogP) is 1.45. The van der Waals surface area contributed by atoms with Gasteiger partial charge in [-0.15, -0.1) is 5.10 Å². The topological polar surface area (TPSA) is 94.0 Å². The van der Waals surface area contributed by atoms with Crippen LogP contribution in [0.1, 0.15) is 27.3 Å². The van der Waals surface area contributed by atoms with Gasteiger partial charge in [0.1, 0.15) is 0 Å². The quantitative estimate of drug-likeness (QED) is 0.884. The van der Waals surface area contributed by atoms with Crippen molar-refractivity contribution in [1.29, 1.82) is 0 Å². The van der Waals surface area contributed by atoms with E-state index in [9.17, 15) is 4.79 Å². The maximum atomic E-state index is 11.0. The van der Waals surface area contributed by atoms with Crippen LogP contribution in [0.3, 0.4) is 0 Å². The van der Waals surface area contributed by atoms with Gasteiger partial charge in [0.2, 0.25) is 0 Å². The molecule has 0 amide bonds. The standard InChI is InChI=1S/C12H13ClN4O2/c1-7-2-3-8(9(13)4-7)6-17-10(5-14)11(12(18)19)15-16-17/h2-4H,5-6,14H2,1H3,(H,18,19). The van der Waals surface area contributed by atoms with Crippen LogP contribution in [-0.4, -0.2) is 26.1 Å². The Balaban J connectivity index is 2.35. The molecule has 0 atom stereocenters. The minimum atomic E-state index is -1.14. The summed E-state index contributed by atoms with van der Waals surface area (Å²) in [7, 11) is 0. The van der Waals surface area contributed by atoms with E-state index in [0.29, 0.717) is 17.3 Å². The molecule has 19 heavy (non-hydrogen) atoms. The van der Waals surface area contributed by atoms with Crippen LogP contribution >= 0.6 is 11.6 Å². The molecule has 0 fully saturated rings. The van der Waals surface area contributed by atoms with Gasteiger partial charge in [0.15, 0.2) is 5.69 Å². The average molecular weight is 281 g/mol. The van der Waals surface area contributed by atoms with E-state index in [1.54, 1.807) is 0 Å². The van der Waals surface area contributed by atoms with Crippen LogP contribution in [0.4, 0.5) is 0 Å². The molecule has 0 aliphatic rings. The summed E-state index contributed by atoms with van der Waals surface area (Å²) >= 11 is 6.14. The van der Waals surface area contributed by atoms with Gasteiger partial charge < -0.3 is 10.8 Å². The first-order chi connectivity index (χ1) is 9.02. The Morgan fingerprint density at radius 1 is 1.53 bits per heavy atom. The normalized spacial score (nSPS) is 10.7. The van der Waals surface area contributed by atoms with Gasteiger partial charge in [0.25, 0.3) is 0 Å². The number of aryl methyl sites for hydroxylation is 1. The fourth-order valence-electron chi connectivity index (χ4n) is 1.77. The fourth-order valence-corrected chi connectivity index (χ4v) is 2.06. The molecule has 0 saturated heterocycles. The first-order valence-corrected chi connectivity index (χ1v) is 6.01. The summed E-state index contributed by atoms with van der Waals surface area (Å²) in [6.07, 6.45) is 0. The Kier molecular flexibility index (Phi) is 3.82. The SMILES string of the molecule is Cc1ccc(Cn2nnc(C(=O)O)c2CN)c(Cl)c1. The minimum Gasteiger partial charge on any atom is -0.476 e. The van der Waals surface area contributed by atoms with Crippen molar-refractivity contribution < 1.29 is 9.90 Å². The molecule has 1 aromatic heterocycles. The van der Waals surface area contributed by atoms with Crippen LogP contribution in [0.25, 0.3) is 0 Å². The number of aromatic nitrogens is 3. The zero-order chi connectivity index (χ0) is 14.0. The van der Waals surface area contributed by atoms with Crippen molar-refractivity contribution in [3.05, 3.63) is 45.7 Å². The Labute approximate surface area is 114 Å². The third kappa shape index (κ3) is 2.74. The molecule has 0 bridgehead atoms. The van der Waals surface area contributed by atoms with Crippen molar-refractivity contribution in [2.45, 2.75) is 20.0 Å². The maximum absolute atomic E-state index is 11.0. The highest BCUT2D eigenvalue weighted by Gasteiger charge is 2.18. The second kappa shape index (κ2) is 5.38. The van der Waals surface area contributed by atoms with Crippen LogP contribution < -0.4 is 5.73 Å². The molecule has 6 nitrogen and oxygen atoms in total. The molecule has 2 rings (SSSR count). The molecular formula is C12H13ClN4O2. The van der Waals surface area contributed by atoms with Gasteiger partial charge in [-0.25, -0.2) is 9.48 Å². The predicted molar refractivity (Wildman–Crippen MR) is 70.2 cm³/mol. The van der Waals surface area contributed by atoms with Crippen molar-refractivity contribution >= 4 is 17.6 Å². The summed E-state index contributed by atoms with van der Waals surface area (Å²) in [5.74, 6) is -1.14. The molecule has 2 aromatic rings. The Morgan fingerprint density at radius 3 is 2.84 bits per heavy atom. The Hall–Kier alpha value is -1.92. The molecule has 0 aliphatic heterocycles. The molecule has 3 N–H and O–H groups in total. The smallest absolute Gasteiger partial charge is 0.358 e. The van der Waals surface area contributed by atoms with Crippen LogP contribution in [0.5, 0.6) is 0 Å².